The van der Waals surface area contributed by atoms with E-state index in [0.717, 1.165) is 33.2 Å². The largest absolute Gasteiger partial charge is 0.388 e. The molecule has 0 atom stereocenters. The molecule has 0 saturated heterocycles. The summed E-state index contributed by atoms with van der Waals surface area (Å²) in [5, 5.41) is 17.6. The van der Waals surface area contributed by atoms with Gasteiger partial charge >= 0.3 is 0 Å². The molecule has 0 amide bonds. The van der Waals surface area contributed by atoms with Crippen LogP contribution in [-0.4, -0.2) is 19.9 Å². The van der Waals surface area contributed by atoms with Gasteiger partial charge in [0.25, 0.3) is 0 Å². The van der Waals surface area contributed by atoms with Crippen molar-refractivity contribution in [3.63, 3.8) is 0 Å². The standard InChI is InChI=1S/C12H11Br2N3O/c13-7-1-4-10(14)9(5-7)12-16-15-11(6-18)17(12)8-2-3-8/h1,4-5,8,18H,2-3,6H2. The maximum atomic E-state index is 9.33. The Balaban J connectivity index is 2.16. The number of nitrogens with zero attached hydrogens (tertiary/aromatic N) is 3. The molecule has 2 aromatic rings. The van der Waals surface area contributed by atoms with Crippen LogP contribution < -0.4 is 0 Å². The second kappa shape index (κ2) is 4.75. The van der Waals surface area contributed by atoms with Crippen molar-refractivity contribution in [3.05, 3.63) is 33.0 Å². The van der Waals surface area contributed by atoms with Crippen LogP contribution in [0.3, 0.4) is 0 Å². The van der Waals surface area contributed by atoms with Gasteiger partial charge in [-0.1, -0.05) is 31.9 Å². The van der Waals surface area contributed by atoms with E-state index in [0.29, 0.717) is 11.9 Å². The van der Waals surface area contributed by atoms with Gasteiger partial charge in [-0.05, 0) is 31.0 Å². The third-order valence-corrected chi connectivity index (χ3v) is 4.17. The third kappa shape index (κ3) is 2.13. The number of benzene rings is 1. The molecule has 1 saturated carbocycles. The van der Waals surface area contributed by atoms with E-state index in [1.165, 1.54) is 0 Å². The Bertz CT molecular complexity index is 593. The summed E-state index contributed by atoms with van der Waals surface area (Å²) in [6, 6.07) is 6.39. The molecule has 94 valence electrons. The molecule has 1 aliphatic rings. The zero-order valence-electron chi connectivity index (χ0n) is 9.48. The molecule has 1 heterocycles. The van der Waals surface area contributed by atoms with E-state index in [4.69, 9.17) is 0 Å². The van der Waals surface area contributed by atoms with E-state index in [9.17, 15) is 5.11 Å². The van der Waals surface area contributed by atoms with Gasteiger partial charge in [0, 0.05) is 20.6 Å². The van der Waals surface area contributed by atoms with Crippen molar-refractivity contribution in [2.45, 2.75) is 25.5 Å². The molecule has 1 aromatic carbocycles. The lowest BCUT2D eigenvalue weighted by Gasteiger charge is -2.09. The van der Waals surface area contributed by atoms with Crippen LogP contribution in [0, 0.1) is 0 Å². The Morgan fingerprint density at radius 1 is 1.28 bits per heavy atom. The number of aliphatic hydroxyl groups excluding tert-OH is 1. The minimum absolute atomic E-state index is 0.0743. The van der Waals surface area contributed by atoms with Crippen LogP contribution in [0.2, 0.25) is 0 Å². The Kier molecular flexibility index (Phi) is 3.25. The zero-order valence-corrected chi connectivity index (χ0v) is 12.6. The van der Waals surface area contributed by atoms with Crippen LogP contribution in [-0.2, 0) is 6.61 Å². The summed E-state index contributed by atoms with van der Waals surface area (Å²) in [6.45, 7) is -0.0743. The van der Waals surface area contributed by atoms with Gasteiger partial charge in [0.2, 0.25) is 0 Å². The van der Waals surface area contributed by atoms with E-state index in [1.54, 1.807) is 0 Å². The lowest BCUT2D eigenvalue weighted by atomic mass is 10.2. The molecule has 18 heavy (non-hydrogen) atoms. The first-order chi connectivity index (χ1) is 8.70. The number of rotatable bonds is 3. The molecular formula is C12H11Br2N3O. The summed E-state index contributed by atoms with van der Waals surface area (Å²) in [6.07, 6.45) is 2.26. The van der Waals surface area contributed by atoms with Crippen LogP contribution in [0.1, 0.15) is 24.7 Å². The van der Waals surface area contributed by atoms with Crippen molar-refractivity contribution >= 4 is 31.9 Å². The summed E-state index contributed by atoms with van der Waals surface area (Å²) in [4.78, 5) is 0. The van der Waals surface area contributed by atoms with Crippen LogP contribution >= 0.6 is 31.9 Å². The molecule has 0 bridgehead atoms. The van der Waals surface area contributed by atoms with Crippen LogP contribution in [0.4, 0.5) is 0 Å². The fourth-order valence-corrected chi connectivity index (χ4v) is 2.79. The van der Waals surface area contributed by atoms with E-state index in [1.807, 2.05) is 22.8 Å². The number of aliphatic hydroxyl groups is 1. The second-order valence-electron chi connectivity index (χ2n) is 4.32. The summed E-state index contributed by atoms with van der Waals surface area (Å²) >= 11 is 7.00. The van der Waals surface area contributed by atoms with Gasteiger partial charge in [0.05, 0.1) is 0 Å². The maximum absolute atomic E-state index is 9.33. The molecule has 1 aromatic heterocycles. The van der Waals surface area contributed by atoms with E-state index >= 15 is 0 Å². The monoisotopic (exact) mass is 371 g/mol. The fraction of sp³-hybridized carbons (Fsp3) is 0.333. The average Bonchev–Trinajstić information content (AvgIpc) is 3.12. The van der Waals surface area contributed by atoms with Crippen molar-refractivity contribution in [1.29, 1.82) is 0 Å². The lowest BCUT2D eigenvalue weighted by molar-refractivity contribution is 0.265. The first kappa shape index (κ1) is 12.3. The van der Waals surface area contributed by atoms with Crippen molar-refractivity contribution in [1.82, 2.24) is 14.8 Å². The minimum Gasteiger partial charge on any atom is -0.388 e. The van der Waals surface area contributed by atoms with Gasteiger partial charge in [-0.15, -0.1) is 10.2 Å². The summed E-state index contributed by atoms with van der Waals surface area (Å²) in [5.74, 6) is 1.45. The van der Waals surface area contributed by atoms with Gasteiger partial charge in [-0.25, -0.2) is 0 Å². The molecule has 0 unspecified atom stereocenters. The maximum Gasteiger partial charge on any atom is 0.165 e. The van der Waals surface area contributed by atoms with E-state index in [2.05, 4.69) is 42.1 Å². The van der Waals surface area contributed by atoms with Crippen LogP contribution in [0.15, 0.2) is 27.1 Å². The van der Waals surface area contributed by atoms with Gasteiger partial charge in [0.1, 0.15) is 6.61 Å². The molecule has 6 heteroatoms. The molecular weight excluding hydrogens is 362 g/mol. The molecule has 0 spiro atoms. The van der Waals surface area contributed by atoms with Gasteiger partial charge in [0.15, 0.2) is 11.6 Å². The lowest BCUT2D eigenvalue weighted by Crippen LogP contribution is -2.03. The predicted octanol–water partition coefficient (Wildman–Crippen LogP) is 3.30. The highest BCUT2D eigenvalue weighted by Gasteiger charge is 2.30. The molecule has 1 fully saturated rings. The van der Waals surface area contributed by atoms with Crippen molar-refractivity contribution in [2.24, 2.45) is 0 Å². The Hall–Kier alpha value is -0.720. The normalized spacial score (nSPS) is 15.1. The van der Waals surface area contributed by atoms with Crippen molar-refractivity contribution in [3.8, 4) is 11.4 Å². The van der Waals surface area contributed by atoms with Crippen LogP contribution in [0.5, 0.6) is 0 Å². The molecule has 4 nitrogen and oxygen atoms in total. The number of hydrogen-bond donors (Lipinski definition) is 1. The zero-order chi connectivity index (χ0) is 12.7. The number of halogens is 2. The smallest absolute Gasteiger partial charge is 0.165 e. The molecule has 3 rings (SSSR count). The summed E-state index contributed by atoms with van der Waals surface area (Å²) < 4.78 is 4.02. The third-order valence-electron chi connectivity index (χ3n) is 2.99. The Labute approximate surface area is 121 Å². The SMILES string of the molecule is OCc1nnc(-c2cc(Br)ccc2Br)n1C1CC1. The van der Waals surface area contributed by atoms with Crippen molar-refractivity contribution < 1.29 is 5.11 Å². The molecule has 1 N–H and O–H groups in total. The molecule has 0 aliphatic heterocycles. The van der Waals surface area contributed by atoms with Gasteiger partial charge < -0.3 is 9.67 Å². The fourth-order valence-electron chi connectivity index (χ4n) is 2.00. The minimum atomic E-state index is -0.0743. The Morgan fingerprint density at radius 2 is 2.06 bits per heavy atom. The highest BCUT2D eigenvalue weighted by Crippen LogP contribution is 2.40. The average molecular weight is 373 g/mol. The van der Waals surface area contributed by atoms with E-state index in [-0.39, 0.29) is 6.61 Å². The topological polar surface area (TPSA) is 50.9 Å². The quantitative estimate of drug-likeness (QED) is 0.899. The summed E-state index contributed by atoms with van der Waals surface area (Å²) in [7, 11) is 0. The van der Waals surface area contributed by atoms with Crippen molar-refractivity contribution in [2.75, 3.05) is 0 Å². The first-order valence-corrected chi connectivity index (χ1v) is 7.29. The number of hydrogen-bond acceptors (Lipinski definition) is 3. The predicted molar refractivity (Wildman–Crippen MR) is 75.1 cm³/mol. The highest BCUT2D eigenvalue weighted by molar-refractivity contribution is 9.11. The first-order valence-electron chi connectivity index (χ1n) is 5.70. The highest BCUT2D eigenvalue weighted by atomic mass is 79.9. The molecule has 1 aliphatic carbocycles. The molecule has 0 radical (unpaired) electrons. The summed E-state index contributed by atoms with van der Waals surface area (Å²) in [5.41, 5.74) is 0.989. The van der Waals surface area contributed by atoms with Crippen LogP contribution in [0.25, 0.3) is 11.4 Å². The van der Waals surface area contributed by atoms with E-state index < -0.39 is 0 Å². The number of aromatic nitrogens is 3. The Morgan fingerprint density at radius 3 is 2.72 bits per heavy atom. The second-order valence-corrected chi connectivity index (χ2v) is 6.09. The van der Waals surface area contributed by atoms with Gasteiger partial charge in [-0.3, -0.25) is 0 Å². The van der Waals surface area contributed by atoms with Gasteiger partial charge in [-0.2, -0.15) is 0 Å².